The summed E-state index contributed by atoms with van der Waals surface area (Å²) in [6, 6.07) is 7.56. The van der Waals surface area contributed by atoms with Gasteiger partial charge in [-0.15, -0.1) is 0 Å². The minimum absolute atomic E-state index is 0.0692. The van der Waals surface area contributed by atoms with Gasteiger partial charge in [0.25, 0.3) is 0 Å². The Kier molecular flexibility index (Phi) is 8.05. The maximum atomic E-state index is 12.5. The van der Waals surface area contributed by atoms with Crippen molar-refractivity contribution in [1.29, 1.82) is 0 Å². The molecule has 4 aliphatic carbocycles. The molecule has 0 aromatic heterocycles. The second-order valence-corrected chi connectivity index (χ2v) is 14.4. The topological polar surface area (TPSA) is 35.5 Å². The van der Waals surface area contributed by atoms with Crippen molar-refractivity contribution in [3.05, 3.63) is 41.5 Å². The lowest BCUT2D eigenvalue weighted by Gasteiger charge is -2.58. The van der Waals surface area contributed by atoms with Crippen LogP contribution in [0.5, 0.6) is 5.75 Å². The quantitative estimate of drug-likeness (QED) is 0.204. The first-order valence-corrected chi connectivity index (χ1v) is 15.7. The number of hydrogen-bond donors (Lipinski definition) is 0. The van der Waals surface area contributed by atoms with E-state index >= 15 is 0 Å². The molecule has 0 N–H and O–H groups in total. The van der Waals surface area contributed by atoms with E-state index in [9.17, 15) is 4.79 Å². The Morgan fingerprint density at radius 2 is 1.74 bits per heavy atom. The van der Waals surface area contributed by atoms with Gasteiger partial charge < -0.3 is 9.47 Å². The van der Waals surface area contributed by atoms with Gasteiger partial charge in [0.2, 0.25) is 0 Å². The van der Waals surface area contributed by atoms with Crippen molar-refractivity contribution >= 4 is 6.16 Å². The van der Waals surface area contributed by atoms with Crippen molar-refractivity contribution in [2.75, 3.05) is 0 Å². The molecular weight excluding hydrogens is 468 g/mol. The molecule has 5 rings (SSSR count). The lowest BCUT2D eigenvalue weighted by Crippen LogP contribution is -2.51. The van der Waals surface area contributed by atoms with Crippen molar-refractivity contribution in [3.8, 4) is 5.75 Å². The fourth-order valence-corrected chi connectivity index (χ4v) is 9.62. The summed E-state index contributed by atoms with van der Waals surface area (Å²) in [4.78, 5) is 12.5. The van der Waals surface area contributed by atoms with Gasteiger partial charge in [-0.2, -0.15) is 0 Å². The molecule has 3 saturated carbocycles. The summed E-state index contributed by atoms with van der Waals surface area (Å²) in [5.41, 5.74) is 3.50. The Morgan fingerprint density at radius 3 is 2.47 bits per heavy atom. The molecule has 0 spiro atoms. The standard InChI is InChI=1S/C35H52O3/c1-23(2)8-7-9-25(4)30-16-17-31-29-15-12-26-22-28(38-33(36)37-27-13-10-24(3)11-14-27)18-20-34(26,5)32(29)19-21-35(30,31)6/h10-14,23,25,28-32H,7-9,15-22H2,1-6H3/t25-,28+,29+,30+,31-,32+,34+,35-/m1/s1. The number of rotatable bonds is 7. The maximum Gasteiger partial charge on any atom is 0.514 e. The van der Waals surface area contributed by atoms with Crippen LogP contribution in [-0.4, -0.2) is 12.3 Å². The molecule has 38 heavy (non-hydrogen) atoms. The first-order chi connectivity index (χ1) is 18.1. The zero-order chi connectivity index (χ0) is 27.1. The third kappa shape index (κ3) is 5.33. The van der Waals surface area contributed by atoms with Crippen LogP contribution in [0.2, 0.25) is 0 Å². The van der Waals surface area contributed by atoms with Crippen LogP contribution < -0.4 is 4.74 Å². The van der Waals surface area contributed by atoms with Crippen molar-refractivity contribution in [2.45, 2.75) is 118 Å². The molecule has 0 bridgehead atoms. The van der Waals surface area contributed by atoms with Crippen LogP contribution >= 0.6 is 0 Å². The first kappa shape index (κ1) is 27.8. The zero-order valence-corrected chi connectivity index (χ0v) is 24.9. The van der Waals surface area contributed by atoms with Crippen molar-refractivity contribution < 1.29 is 14.3 Å². The van der Waals surface area contributed by atoms with E-state index in [0.717, 1.165) is 60.3 Å². The molecule has 0 amide bonds. The average molecular weight is 521 g/mol. The molecule has 3 nitrogen and oxygen atoms in total. The third-order valence-electron chi connectivity index (χ3n) is 11.7. The number of carbonyl (C=O) groups excluding carboxylic acids is 1. The molecule has 8 atom stereocenters. The predicted octanol–water partition coefficient (Wildman–Crippen LogP) is 9.92. The Hall–Kier alpha value is -1.77. The second kappa shape index (κ2) is 11.0. The van der Waals surface area contributed by atoms with E-state index in [1.54, 1.807) is 5.57 Å². The molecule has 1 aromatic rings. The predicted molar refractivity (Wildman–Crippen MR) is 155 cm³/mol. The molecule has 0 heterocycles. The highest BCUT2D eigenvalue weighted by molar-refractivity contribution is 5.64. The van der Waals surface area contributed by atoms with Crippen LogP contribution in [0.15, 0.2) is 35.9 Å². The van der Waals surface area contributed by atoms with Crippen LogP contribution in [0, 0.1) is 53.3 Å². The van der Waals surface area contributed by atoms with Crippen LogP contribution in [-0.2, 0) is 4.74 Å². The molecule has 1 aromatic carbocycles. The van der Waals surface area contributed by atoms with Crippen LogP contribution in [0.4, 0.5) is 4.79 Å². The van der Waals surface area contributed by atoms with E-state index < -0.39 is 6.16 Å². The van der Waals surface area contributed by atoms with Crippen LogP contribution in [0.3, 0.4) is 0 Å². The summed E-state index contributed by atoms with van der Waals surface area (Å²) < 4.78 is 11.3. The fraction of sp³-hybridized carbons (Fsp3) is 0.743. The SMILES string of the molecule is Cc1ccc(OC(=O)O[C@H]2CC[C@@]3(C)C(=CC[C@H]4[C@H]5CC[C@@H]([C@H](C)CCCC(C)C)[C@@]5(C)CC[C@@H]43)C2)cc1. The summed E-state index contributed by atoms with van der Waals surface area (Å²) in [5, 5.41) is 0. The van der Waals surface area contributed by atoms with Gasteiger partial charge in [0.1, 0.15) is 11.9 Å². The fourth-order valence-electron chi connectivity index (χ4n) is 9.62. The molecule has 3 heteroatoms. The summed E-state index contributed by atoms with van der Waals surface area (Å²) in [7, 11) is 0. The molecule has 0 radical (unpaired) electrons. The molecule has 210 valence electrons. The van der Waals surface area contributed by atoms with Gasteiger partial charge in [-0.25, -0.2) is 4.79 Å². The molecule has 0 unspecified atom stereocenters. The van der Waals surface area contributed by atoms with E-state index in [1.807, 2.05) is 31.2 Å². The molecule has 0 saturated heterocycles. The zero-order valence-electron chi connectivity index (χ0n) is 24.9. The number of ether oxygens (including phenoxy) is 2. The van der Waals surface area contributed by atoms with E-state index in [-0.39, 0.29) is 11.5 Å². The number of benzene rings is 1. The van der Waals surface area contributed by atoms with Crippen molar-refractivity contribution in [1.82, 2.24) is 0 Å². The maximum absolute atomic E-state index is 12.5. The van der Waals surface area contributed by atoms with Gasteiger partial charge in [0.15, 0.2) is 0 Å². The molecule has 4 aliphatic rings. The normalized spacial score (nSPS) is 37.0. The summed E-state index contributed by atoms with van der Waals surface area (Å²) in [5.74, 6) is 5.64. The summed E-state index contributed by atoms with van der Waals surface area (Å²) >= 11 is 0. The minimum Gasteiger partial charge on any atom is -0.430 e. The van der Waals surface area contributed by atoms with Crippen LogP contribution in [0.25, 0.3) is 0 Å². The molecule has 3 fully saturated rings. The molecule has 0 aliphatic heterocycles. The van der Waals surface area contributed by atoms with Gasteiger partial charge in [0, 0.05) is 6.42 Å². The minimum atomic E-state index is -0.565. The van der Waals surface area contributed by atoms with Crippen molar-refractivity contribution in [3.63, 3.8) is 0 Å². The summed E-state index contributed by atoms with van der Waals surface area (Å²) in [6.45, 7) is 14.5. The van der Waals surface area contributed by atoms with Crippen molar-refractivity contribution in [2.24, 2.45) is 46.3 Å². The highest BCUT2D eigenvalue weighted by atomic mass is 16.7. The van der Waals surface area contributed by atoms with E-state index in [2.05, 4.69) is 40.7 Å². The Balaban J connectivity index is 1.21. The number of allylic oxidation sites excluding steroid dienone is 1. The van der Waals surface area contributed by atoms with Gasteiger partial charge in [0.05, 0.1) is 0 Å². The van der Waals surface area contributed by atoms with E-state index in [0.29, 0.717) is 11.2 Å². The average Bonchev–Trinajstić information content (AvgIpc) is 3.23. The Morgan fingerprint density at radius 1 is 0.974 bits per heavy atom. The van der Waals surface area contributed by atoms with Gasteiger partial charge in [-0.1, -0.05) is 83.2 Å². The number of fused-ring (bicyclic) bond motifs is 5. The lowest BCUT2D eigenvalue weighted by molar-refractivity contribution is -0.0597. The smallest absolute Gasteiger partial charge is 0.430 e. The first-order valence-electron chi connectivity index (χ1n) is 15.7. The van der Waals surface area contributed by atoms with Gasteiger partial charge >= 0.3 is 6.16 Å². The monoisotopic (exact) mass is 520 g/mol. The number of aryl methyl sites for hydroxylation is 1. The number of hydrogen-bond acceptors (Lipinski definition) is 3. The molecular formula is C35H52O3. The summed E-state index contributed by atoms with van der Waals surface area (Å²) in [6.07, 6.45) is 16.0. The third-order valence-corrected chi connectivity index (χ3v) is 11.7. The van der Waals surface area contributed by atoms with Gasteiger partial charge in [-0.05, 0) is 110 Å². The second-order valence-electron chi connectivity index (χ2n) is 14.4. The number of carbonyl (C=O) groups is 1. The largest absolute Gasteiger partial charge is 0.514 e. The van der Waals surface area contributed by atoms with E-state index in [4.69, 9.17) is 9.47 Å². The van der Waals surface area contributed by atoms with Crippen LogP contribution in [0.1, 0.15) is 111 Å². The lowest BCUT2D eigenvalue weighted by atomic mass is 9.47. The Labute approximate surface area is 232 Å². The highest BCUT2D eigenvalue weighted by Gasteiger charge is 2.59. The Bertz CT molecular complexity index is 1010. The van der Waals surface area contributed by atoms with Gasteiger partial charge in [-0.3, -0.25) is 0 Å². The highest BCUT2D eigenvalue weighted by Crippen LogP contribution is 2.67. The van der Waals surface area contributed by atoms with E-state index in [1.165, 1.54) is 51.4 Å².